The maximum atomic E-state index is 12.8. The molecule has 0 aliphatic rings. The van der Waals surface area contributed by atoms with Gasteiger partial charge in [0.15, 0.2) is 0 Å². The summed E-state index contributed by atoms with van der Waals surface area (Å²) in [6.07, 6.45) is 0. The number of rotatable bonds is 8. The fourth-order valence-corrected chi connectivity index (χ4v) is 3.52. The van der Waals surface area contributed by atoms with Crippen molar-refractivity contribution in [2.75, 3.05) is 12.4 Å². The molecule has 1 N–H and O–H groups in total. The van der Waals surface area contributed by atoms with Crippen molar-refractivity contribution in [3.8, 4) is 0 Å². The number of anilines is 1. The number of hydrogen-bond donors (Lipinski definition) is 1. The van der Waals surface area contributed by atoms with Gasteiger partial charge in [-0.25, -0.2) is 4.79 Å². The normalized spacial score (nSPS) is 11.8. The van der Waals surface area contributed by atoms with Gasteiger partial charge in [-0.1, -0.05) is 25.1 Å². The lowest BCUT2D eigenvalue weighted by Crippen LogP contribution is -2.25. The van der Waals surface area contributed by atoms with E-state index in [4.69, 9.17) is 4.74 Å². The zero-order chi connectivity index (χ0) is 24.3. The van der Waals surface area contributed by atoms with Gasteiger partial charge in [-0.3, -0.25) is 9.48 Å². The van der Waals surface area contributed by atoms with Gasteiger partial charge in [0.2, 0.25) is 5.91 Å². The smallest absolute Gasteiger partial charge is 0.390 e. The number of carbonyl (C=O) groups excluding carboxylic acids is 2. The van der Waals surface area contributed by atoms with Crippen LogP contribution in [-0.2, 0) is 22.6 Å². The van der Waals surface area contributed by atoms with E-state index >= 15 is 0 Å². The van der Waals surface area contributed by atoms with E-state index in [0.29, 0.717) is 29.2 Å². The summed E-state index contributed by atoms with van der Waals surface area (Å²) in [6.45, 7) is 7.59. The molecule has 0 aliphatic heterocycles. The van der Waals surface area contributed by atoms with E-state index in [1.165, 1.54) is 17.9 Å². The van der Waals surface area contributed by atoms with Crippen molar-refractivity contribution < 1.29 is 19.2 Å². The quantitative estimate of drug-likeness (QED) is 0.314. The fourth-order valence-electron chi connectivity index (χ4n) is 3.52. The highest BCUT2D eigenvalue weighted by Crippen LogP contribution is 2.23. The average Bonchev–Trinajstić information content (AvgIpc) is 3.27. The van der Waals surface area contributed by atoms with Gasteiger partial charge in [-0.05, 0) is 37.3 Å². The maximum Gasteiger partial charge on any atom is 0.390 e. The summed E-state index contributed by atoms with van der Waals surface area (Å²) in [5, 5.41) is 22.3. The van der Waals surface area contributed by atoms with Crippen LogP contribution in [0, 0.1) is 36.8 Å². The number of nitrogens with zero attached hydrogens (tertiary/aromatic N) is 5. The maximum absolute atomic E-state index is 12.8. The van der Waals surface area contributed by atoms with E-state index < -0.39 is 16.8 Å². The summed E-state index contributed by atoms with van der Waals surface area (Å²) in [5.74, 6) is -1.43. The predicted molar refractivity (Wildman–Crippen MR) is 120 cm³/mol. The van der Waals surface area contributed by atoms with Crippen LogP contribution in [0.15, 0.2) is 30.3 Å². The van der Waals surface area contributed by atoms with E-state index in [1.807, 2.05) is 19.1 Å². The first-order valence-electron chi connectivity index (χ1n) is 10.3. The Morgan fingerprint density at radius 2 is 1.88 bits per heavy atom. The molecule has 0 saturated carbocycles. The lowest BCUT2D eigenvalue weighted by atomic mass is 10.1. The van der Waals surface area contributed by atoms with Crippen LogP contribution in [-0.4, -0.2) is 43.5 Å². The molecule has 1 unspecified atom stereocenters. The van der Waals surface area contributed by atoms with Gasteiger partial charge in [0.25, 0.3) is 0 Å². The Hall–Kier alpha value is -4.02. The summed E-state index contributed by atoms with van der Waals surface area (Å²) in [4.78, 5) is 35.3. The van der Waals surface area contributed by atoms with Crippen LogP contribution < -0.4 is 5.32 Å². The third-order valence-corrected chi connectivity index (χ3v) is 5.42. The van der Waals surface area contributed by atoms with Gasteiger partial charge in [-0.15, -0.1) is 0 Å². The van der Waals surface area contributed by atoms with Crippen molar-refractivity contribution in [2.45, 2.75) is 40.8 Å². The highest BCUT2D eigenvalue weighted by Gasteiger charge is 2.23. The molecular formula is C22H26N6O5. The molecule has 174 valence electrons. The zero-order valence-electron chi connectivity index (χ0n) is 19.2. The van der Waals surface area contributed by atoms with Crippen LogP contribution in [0.25, 0.3) is 0 Å². The van der Waals surface area contributed by atoms with Crippen molar-refractivity contribution >= 4 is 23.4 Å². The number of nitro groups is 1. The molecule has 2 heterocycles. The van der Waals surface area contributed by atoms with Crippen LogP contribution in [0.2, 0.25) is 0 Å². The van der Waals surface area contributed by atoms with Crippen LogP contribution in [0.3, 0.4) is 0 Å². The second-order valence-corrected chi connectivity index (χ2v) is 7.83. The Bertz CT molecular complexity index is 1210. The SMILES string of the molecule is COC(=O)c1ccccc1Cn1nc(C)c(NC(=O)C(C)Cn2nc([N+](=O)[O-])cc2C)c1C. The number of aryl methyl sites for hydroxylation is 2. The lowest BCUT2D eigenvalue weighted by molar-refractivity contribution is -0.389. The molecule has 0 aliphatic carbocycles. The van der Waals surface area contributed by atoms with Gasteiger partial charge >= 0.3 is 11.8 Å². The number of methoxy groups -OCH3 is 1. The second kappa shape index (κ2) is 9.63. The first-order chi connectivity index (χ1) is 15.6. The van der Waals surface area contributed by atoms with Crippen molar-refractivity contribution in [3.63, 3.8) is 0 Å². The minimum Gasteiger partial charge on any atom is -0.465 e. The molecule has 0 saturated heterocycles. The van der Waals surface area contributed by atoms with E-state index in [0.717, 1.165) is 11.3 Å². The first kappa shape index (κ1) is 23.6. The van der Waals surface area contributed by atoms with Gasteiger partial charge in [0.05, 0.1) is 65.6 Å². The van der Waals surface area contributed by atoms with Gasteiger partial charge < -0.3 is 20.2 Å². The van der Waals surface area contributed by atoms with Gasteiger partial charge in [-0.2, -0.15) is 9.78 Å². The highest BCUT2D eigenvalue weighted by molar-refractivity contribution is 5.93. The average molecular weight is 454 g/mol. The number of benzene rings is 1. The minimum atomic E-state index is -0.562. The predicted octanol–water partition coefficient (Wildman–Crippen LogP) is 3.02. The molecule has 3 aromatic rings. The molecule has 1 amide bonds. The molecule has 1 atom stereocenters. The van der Waals surface area contributed by atoms with E-state index in [9.17, 15) is 19.7 Å². The molecule has 33 heavy (non-hydrogen) atoms. The summed E-state index contributed by atoms with van der Waals surface area (Å²) in [6, 6.07) is 8.49. The largest absolute Gasteiger partial charge is 0.465 e. The molecule has 0 fully saturated rings. The van der Waals surface area contributed by atoms with Crippen molar-refractivity contribution in [1.82, 2.24) is 19.6 Å². The highest BCUT2D eigenvalue weighted by atomic mass is 16.6. The van der Waals surface area contributed by atoms with Crippen LogP contribution >= 0.6 is 0 Å². The molecule has 1 aromatic carbocycles. The zero-order valence-corrected chi connectivity index (χ0v) is 19.2. The fraction of sp³-hybridized carbons (Fsp3) is 0.364. The molecule has 11 heteroatoms. The number of hydrogen-bond acceptors (Lipinski definition) is 7. The Morgan fingerprint density at radius 1 is 1.18 bits per heavy atom. The monoisotopic (exact) mass is 454 g/mol. The Labute approximate surface area is 190 Å². The van der Waals surface area contributed by atoms with E-state index in [1.54, 1.807) is 37.6 Å². The van der Waals surface area contributed by atoms with E-state index in [2.05, 4.69) is 15.5 Å². The van der Waals surface area contributed by atoms with Crippen molar-refractivity contribution in [2.24, 2.45) is 5.92 Å². The number of amides is 1. The molecule has 0 spiro atoms. The van der Waals surface area contributed by atoms with Gasteiger partial charge in [0.1, 0.15) is 0 Å². The molecule has 11 nitrogen and oxygen atoms in total. The summed E-state index contributed by atoms with van der Waals surface area (Å²) in [7, 11) is 1.33. The summed E-state index contributed by atoms with van der Waals surface area (Å²) in [5.41, 5.74) is 3.76. The molecule has 0 bridgehead atoms. The third kappa shape index (κ3) is 5.08. The number of ether oxygens (including phenoxy) is 1. The van der Waals surface area contributed by atoms with Crippen LogP contribution in [0.4, 0.5) is 11.5 Å². The van der Waals surface area contributed by atoms with Crippen molar-refractivity contribution in [1.29, 1.82) is 0 Å². The topological polar surface area (TPSA) is 134 Å². The summed E-state index contributed by atoms with van der Waals surface area (Å²) < 4.78 is 8.03. The molecule has 0 radical (unpaired) electrons. The summed E-state index contributed by atoms with van der Waals surface area (Å²) >= 11 is 0. The number of aromatic nitrogens is 4. The number of esters is 1. The number of carbonyl (C=O) groups is 2. The van der Waals surface area contributed by atoms with Crippen LogP contribution in [0.5, 0.6) is 0 Å². The number of nitrogens with one attached hydrogen (secondary N) is 1. The standard InChI is InChI=1S/C22H26N6O5/c1-13(11-26-14(2)10-19(25-26)28(31)32)21(29)23-20-15(3)24-27(16(20)4)12-17-8-6-7-9-18(17)22(30)33-5/h6-10,13H,11-12H2,1-5H3,(H,23,29). The first-order valence-corrected chi connectivity index (χ1v) is 10.3. The molecule has 2 aromatic heterocycles. The molecular weight excluding hydrogens is 428 g/mol. The Morgan fingerprint density at radius 3 is 2.52 bits per heavy atom. The third-order valence-electron chi connectivity index (χ3n) is 5.42. The minimum absolute atomic E-state index is 0.199. The lowest BCUT2D eigenvalue weighted by Gasteiger charge is -2.13. The van der Waals surface area contributed by atoms with Gasteiger partial charge in [0, 0.05) is 0 Å². The second-order valence-electron chi connectivity index (χ2n) is 7.83. The Balaban J connectivity index is 1.76. The molecule has 3 rings (SSSR count). The van der Waals surface area contributed by atoms with Crippen molar-refractivity contribution in [3.05, 3.63) is 68.7 Å². The Kier molecular flexibility index (Phi) is 6.90. The van der Waals surface area contributed by atoms with E-state index in [-0.39, 0.29) is 18.3 Å². The van der Waals surface area contributed by atoms with Crippen LogP contribution in [0.1, 0.15) is 39.9 Å².